The lowest BCUT2D eigenvalue weighted by Gasteiger charge is -2.28. The van der Waals surface area contributed by atoms with Crippen molar-refractivity contribution in [3.05, 3.63) is 35.9 Å². The van der Waals surface area contributed by atoms with Crippen molar-refractivity contribution >= 4 is 5.91 Å². The molecule has 0 aliphatic heterocycles. The SMILES string of the molecule is C=CCc1cc(C(=O)NC2CCC(CC)CC2)cc(OC)c1OC. The summed E-state index contributed by atoms with van der Waals surface area (Å²) in [4.78, 5) is 12.7. The van der Waals surface area contributed by atoms with Gasteiger partial charge in [0.25, 0.3) is 5.91 Å². The van der Waals surface area contributed by atoms with E-state index in [1.54, 1.807) is 26.4 Å². The molecule has 1 aromatic rings. The first kappa shape index (κ1) is 18.4. The fraction of sp³-hybridized carbons (Fsp3) is 0.550. The van der Waals surface area contributed by atoms with E-state index in [-0.39, 0.29) is 11.9 Å². The van der Waals surface area contributed by atoms with Crippen LogP contribution < -0.4 is 14.8 Å². The first-order chi connectivity index (χ1) is 11.6. The Hall–Kier alpha value is -1.97. The Kier molecular flexibility index (Phi) is 6.71. The summed E-state index contributed by atoms with van der Waals surface area (Å²) >= 11 is 0. The lowest BCUT2D eigenvalue weighted by molar-refractivity contribution is 0.0921. The number of ether oxygens (including phenoxy) is 2. The van der Waals surface area contributed by atoms with E-state index in [2.05, 4.69) is 18.8 Å². The number of rotatable bonds is 7. The zero-order valence-electron chi connectivity index (χ0n) is 15.1. The first-order valence-corrected chi connectivity index (χ1v) is 8.79. The second kappa shape index (κ2) is 8.76. The highest BCUT2D eigenvalue weighted by Crippen LogP contribution is 2.33. The molecule has 1 aliphatic rings. The quantitative estimate of drug-likeness (QED) is 0.764. The van der Waals surface area contributed by atoms with Crippen LogP contribution in [-0.4, -0.2) is 26.2 Å². The van der Waals surface area contributed by atoms with Gasteiger partial charge in [-0.3, -0.25) is 4.79 Å². The predicted octanol–water partition coefficient (Wildman–Crippen LogP) is 4.13. The molecule has 1 N–H and O–H groups in total. The van der Waals surface area contributed by atoms with Crippen molar-refractivity contribution in [1.82, 2.24) is 5.32 Å². The van der Waals surface area contributed by atoms with Crippen molar-refractivity contribution in [2.75, 3.05) is 14.2 Å². The highest BCUT2D eigenvalue weighted by atomic mass is 16.5. The third-order valence-corrected chi connectivity index (χ3v) is 4.94. The summed E-state index contributed by atoms with van der Waals surface area (Å²) < 4.78 is 10.8. The molecule has 24 heavy (non-hydrogen) atoms. The third kappa shape index (κ3) is 4.31. The maximum atomic E-state index is 12.7. The van der Waals surface area contributed by atoms with Gasteiger partial charge in [0.05, 0.1) is 14.2 Å². The number of amides is 1. The molecule has 1 amide bonds. The molecule has 0 radical (unpaired) electrons. The summed E-state index contributed by atoms with van der Waals surface area (Å²) in [7, 11) is 3.19. The summed E-state index contributed by atoms with van der Waals surface area (Å²) in [5.41, 5.74) is 1.52. The van der Waals surface area contributed by atoms with Gasteiger partial charge in [-0.25, -0.2) is 0 Å². The second-order valence-corrected chi connectivity index (χ2v) is 6.46. The van der Waals surface area contributed by atoms with Crippen molar-refractivity contribution < 1.29 is 14.3 Å². The number of carbonyl (C=O) groups is 1. The summed E-state index contributed by atoms with van der Waals surface area (Å²) in [6.07, 6.45) is 8.20. The van der Waals surface area contributed by atoms with Crippen LogP contribution in [0.4, 0.5) is 0 Å². The first-order valence-electron chi connectivity index (χ1n) is 8.79. The van der Waals surface area contributed by atoms with Crippen LogP contribution >= 0.6 is 0 Å². The summed E-state index contributed by atoms with van der Waals surface area (Å²) in [6.45, 7) is 6.02. The van der Waals surface area contributed by atoms with Gasteiger partial charge in [0.2, 0.25) is 0 Å². The number of benzene rings is 1. The summed E-state index contributed by atoms with van der Waals surface area (Å²) in [5, 5.41) is 3.18. The number of hydrogen-bond donors (Lipinski definition) is 1. The van der Waals surface area contributed by atoms with Crippen LogP contribution in [0.1, 0.15) is 54.9 Å². The Morgan fingerprint density at radius 1 is 1.25 bits per heavy atom. The van der Waals surface area contributed by atoms with Crippen LogP contribution in [-0.2, 0) is 6.42 Å². The smallest absolute Gasteiger partial charge is 0.251 e. The van der Waals surface area contributed by atoms with E-state index in [0.29, 0.717) is 23.5 Å². The predicted molar refractivity (Wildman–Crippen MR) is 97.0 cm³/mol. The number of carbonyl (C=O) groups excluding carboxylic acids is 1. The zero-order chi connectivity index (χ0) is 17.5. The minimum absolute atomic E-state index is 0.0405. The lowest BCUT2D eigenvalue weighted by atomic mass is 9.84. The average molecular weight is 331 g/mol. The normalized spacial score (nSPS) is 20.3. The topological polar surface area (TPSA) is 47.6 Å². The largest absolute Gasteiger partial charge is 0.493 e. The fourth-order valence-electron chi connectivity index (χ4n) is 3.47. The Labute approximate surface area is 145 Å². The molecule has 0 saturated heterocycles. The Morgan fingerprint density at radius 2 is 1.96 bits per heavy atom. The molecule has 4 nitrogen and oxygen atoms in total. The number of hydrogen-bond acceptors (Lipinski definition) is 3. The molecule has 1 saturated carbocycles. The molecule has 0 bridgehead atoms. The van der Waals surface area contributed by atoms with Gasteiger partial charge in [-0.15, -0.1) is 6.58 Å². The molecule has 0 atom stereocenters. The zero-order valence-corrected chi connectivity index (χ0v) is 15.1. The van der Waals surface area contributed by atoms with E-state index in [9.17, 15) is 4.79 Å². The van der Waals surface area contributed by atoms with Crippen LogP contribution in [0.5, 0.6) is 11.5 Å². The van der Waals surface area contributed by atoms with Crippen LogP contribution in [0.15, 0.2) is 24.8 Å². The van der Waals surface area contributed by atoms with Crippen LogP contribution in [0.2, 0.25) is 0 Å². The van der Waals surface area contributed by atoms with Crippen molar-refractivity contribution in [2.45, 2.75) is 51.5 Å². The summed E-state index contributed by atoms with van der Waals surface area (Å²) in [6, 6.07) is 3.89. The van der Waals surface area contributed by atoms with Crippen LogP contribution in [0.25, 0.3) is 0 Å². The molecule has 0 spiro atoms. The standard InChI is InChI=1S/C20H29NO3/c1-5-7-15-12-16(13-18(23-3)19(15)24-4)20(22)21-17-10-8-14(6-2)9-11-17/h5,12-14,17H,1,6-11H2,2-4H3,(H,21,22). The molecule has 0 heterocycles. The van der Waals surface area contributed by atoms with E-state index in [1.165, 1.54) is 19.3 Å². The van der Waals surface area contributed by atoms with Gasteiger partial charge in [-0.05, 0) is 50.2 Å². The van der Waals surface area contributed by atoms with Gasteiger partial charge in [0, 0.05) is 17.2 Å². The van der Waals surface area contributed by atoms with E-state index in [4.69, 9.17) is 9.47 Å². The number of methoxy groups -OCH3 is 2. The molecule has 1 fully saturated rings. The molecule has 4 heteroatoms. The van der Waals surface area contributed by atoms with Gasteiger partial charge in [-0.2, -0.15) is 0 Å². The molecule has 0 unspecified atom stereocenters. The Bertz CT molecular complexity index is 574. The molecule has 1 aromatic carbocycles. The number of nitrogens with one attached hydrogen (secondary N) is 1. The molecular weight excluding hydrogens is 302 g/mol. The molecule has 0 aromatic heterocycles. The van der Waals surface area contributed by atoms with Crippen molar-refractivity contribution in [2.24, 2.45) is 5.92 Å². The summed E-state index contributed by atoms with van der Waals surface area (Å²) in [5.74, 6) is 2.02. The monoisotopic (exact) mass is 331 g/mol. The van der Waals surface area contributed by atoms with E-state index in [1.807, 2.05) is 6.07 Å². The van der Waals surface area contributed by atoms with Crippen molar-refractivity contribution in [3.63, 3.8) is 0 Å². The van der Waals surface area contributed by atoms with Crippen LogP contribution in [0.3, 0.4) is 0 Å². The Morgan fingerprint density at radius 3 is 2.50 bits per heavy atom. The van der Waals surface area contributed by atoms with Gasteiger partial charge >= 0.3 is 0 Å². The Balaban J connectivity index is 2.14. The fourth-order valence-corrected chi connectivity index (χ4v) is 3.47. The maximum absolute atomic E-state index is 12.7. The molecule has 1 aliphatic carbocycles. The third-order valence-electron chi connectivity index (χ3n) is 4.94. The second-order valence-electron chi connectivity index (χ2n) is 6.46. The average Bonchev–Trinajstić information content (AvgIpc) is 2.61. The van der Waals surface area contributed by atoms with E-state index in [0.717, 1.165) is 24.3 Å². The molecule has 2 rings (SSSR count). The van der Waals surface area contributed by atoms with Crippen molar-refractivity contribution in [1.29, 1.82) is 0 Å². The minimum Gasteiger partial charge on any atom is -0.493 e. The van der Waals surface area contributed by atoms with Gasteiger partial charge in [0.1, 0.15) is 0 Å². The maximum Gasteiger partial charge on any atom is 0.251 e. The van der Waals surface area contributed by atoms with Gasteiger partial charge < -0.3 is 14.8 Å². The molecular formula is C20H29NO3. The van der Waals surface area contributed by atoms with E-state index < -0.39 is 0 Å². The van der Waals surface area contributed by atoms with E-state index >= 15 is 0 Å². The highest BCUT2D eigenvalue weighted by molar-refractivity contribution is 5.95. The number of allylic oxidation sites excluding steroid dienone is 1. The highest BCUT2D eigenvalue weighted by Gasteiger charge is 2.23. The lowest BCUT2D eigenvalue weighted by Crippen LogP contribution is -2.37. The molecule has 132 valence electrons. The van der Waals surface area contributed by atoms with Crippen LogP contribution in [0, 0.1) is 5.92 Å². The minimum atomic E-state index is -0.0405. The van der Waals surface area contributed by atoms with Gasteiger partial charge in [0.15, 0.2) is 11.5 Å². The van der Waals surface area contributed by atoms with Gasteiger partial charge in [-0.1, -0.05) is 19.4 Å². The van der Waals surface area contributed by atoms with Crippen molar-refractivity contribution in [3.8, 4) is 11.5 Å².